The summed E-state index contributed by atoms with van der Waals surface area (Å²) in [7, 11) is 0. The zero-order chi connectivity index (χ0) is 25.2. The van der Waals surface area contributed by atoms with Crippen LogP contribution >= 0.6 is 0 Å². The van der Waals surface area contributed by atoms with Crippen LogP contribution in [0.5, 0.6) is 0 Å². The molecule has 3 amide bonds. The van der Waals surface area contributed by atoms with Gasteiger partial charge in [0.2, 0.25) is 17.7 Å². The summed E-state index contributed by atoms with van der Waals surface area (Å²) in [6.07, 6.45) is -3.22. The lowest BCUT2D eigenvalue weighted by atomic mass is 10.0. The molecule has 0 aliphatic heterocycles. The Labute approximate surface area is 185 Å². The number of carboxylic acid groups (broad SMARTS) is 2. The normalized spacial score (nSPS) is 16.8. The van der Waals surface area contributed by atoms with Gasteiger partial charge < -0.3 is 42.1 Å². The van der Waals surface area contributed by atoms with Crippen molar-refractivity contribution in [2.24, 2.45) is 11.7 Å². The lowest BCUT2D eigenvalue weighted by Crippen LogP contribution is -2.61. The van der Waals surface area contributed by atoms with Crippen LogP contribution in [0.3, 0.4) is 0 Å². The SMILES string of the molecule is CC(C)CC(NC(=O)C(N)CCC(=O)O)C(=O)NC(C(=O)NC(C(=O)O)C(C)O)C(C)O. The fourth-order valence-electron chi connectivity index (χ4n) is 2.68. The zero-order valence-electron chi connectivity index (χ0n) is 18.6. The smallest absolute Gasteiger partial charge is 0.328 e. The Bertz CT molecular complexity index is 682. The number of amides is 3. The van der Waals surface area contributed by atoms with Crippen molar-refractivity contribution in [3.63, 3.8) is 0 Å². The van der Waals surface area contributed by atoms with Crippen LogP contribution in [-0.4, -0.2) is 86.5 Å². The molecule has 0 bridgehead atoms. The summed E-state index contributed by atoms with van der Waals surface area (Å²) < 4.78 is 0. The lowest BCUT2D eigenvalue weighted by Gasteiger charge is -2.27. The molecule has 0 radical (unpaired) electrons. The minimum Gasteiger partial charge on any atom is -0.481 e. The van der Waals surface area contributed by atoms with E-state index in [1.54, 1.807) is 13.8 Å². The van der Waals surface area contributed by atoms with E-state index in [-0.39, 0.29) is 25.2 Å². The molecule has 13 heteroatoms. The first-order valence-corrected chi connectivity index (χ1v) is 10.1. The van der Waals surface area contributed by atoms with Crippen LogP contribution in [-0.2, 0) is 24.0 Å². The number of hydrogen-bond donors (Lipinski definition) is 8. The van der Waals surface area contributed by atoms with E-state index in [2.05, 4.69) is 10.6 Å². The number of rotatable bonds is 14. The summed E-state index contributed by atoms with van der Waals surface area (Å²) >= 11 is 0. The van der Waals surface area contributed by atoms with E-state index >= 15 is 0 Å². The predicted octanol–water partition coefficient (Wildman–Crippen LogP) is -2.47. The van der Waals surface area contributed by atoms with Gasteiger partial charge in [-0.15, -0.1) is 0 Å². The highest BCUT2D eigenvalue weighted by Gasteiger charge is 2.34. The number of nitrogens with one attached hydrogen (secondary N) is 3. The topological polar surface area (TPSA) is 228 Å². The molecule has 0 saturated carbocycles. The van der Waals surface area contributed by atoms with E-state index in [1.807, 2.05) is 5.32 Å². The van der Waals surface area contributed by atoms with Crippen LogP contribution < -0.4 is 21.7 Å². The molecule has 0 fully saturated rings. The Kier molecular flexibility index (Phi) is 12.4. The molecule has 32 heavy (non-hydrogen) atoms. The van der Waals surface area contributed by atoms with Crippen molar-refractivity contribution in [2.75, 3.05) is 0 Å². The van der Waals surface area contributed by atoms with E-state index in [4.69, 9.17) is 15.9 Å². The highest BCUT2D eigenvalue weighted by Crippen LogP contribution is 2.08. The van der Waals surface area contributed by atoms with Gasteiger partial charge in [0.1, 0.15) is 12.1 Å². The molecule has 6 unspecified atom stereocenters. The average Bonchev–Trinajstić information content (AvgIpc) is 2.65. The maximum atomic E-state index is 12.8. The van der Waals surface area contributed by atoms with Gasteiger partial charge in [-0.25, -0.2) is 4.79 Å². The standard InChI is InChI=1S/C19H34N4O9/c1-8(2)7-12(21-16(28)11(20)5-6-13(26)27)17(29)22-14(9(3)24)18(30)23-15(10(4)25)19(31)32/h8-12,14-15,24-25H,5-7,20H2,1-4H3,(H,21,28)(H,22,29)(H,23,30)(H,26,27)(H,31,32). The van der Waals surface area contributed by atoms with E-state index in [1.165, 1.54) is 6.92 Å². The molecule has 0 aliphatic rings. The molecule has 0 saturated heterocycles. The van der Waals surface area contributed by atoms with Crippen LogP contribution in [0.1, 0.15) is 47.0 Å². The molecule has 13 nitrogen and oxygen atoms in total. The van der Waals surface area contributed by atoms with Crippen molar-refractivity contribution in [1.29, 1.82) is 0 Å². The van der Waals surface area contributed by atoms with Crippen molar-refractivity contribution in [3.8, 4) is 0 Å². The van der Waals surface area contributed by atoms with Gasteiger partial charge in [-0.1, -0.05) is 13.8 Å². The number of nitrogens with two attached hydrogens (primary N) is 1. The molecule has 0 aromatic heterocycles. The Hall–Kier alpha value is -2.77. The summed E-state index contributed by atoms with van der Waals surface area (Å²) in [5.41, 5.74) is 5.66. The summed E-state index contributed by atoms with van der Waals surface area (Å²) in [6, 6.07) is -5.57. The van der Waals surface area contributed by atoms with Crippen molar-refractivity contribution in [3.05, 3.63) is 0 Å². The molecule has 6 atom stereocenters. The molecule has 0 aromatic rings. The summed E-state index contributed by atoms with van der Waals surface area (Å²) in [5.74, 6) is -5.36. The molecule has 0 rings (SSSR count). The summed E-state index contributed by atoms with van der Waals surface area (Å²) in [6.45, 7) is 5.89. The van der Waals surface area contributed by atoms with E-state index in [9.17, 15) is 34.2 Å². The highest BCUT2D eigenvalue weighted by molar-refractivity contribution is 5.94. The Morgan fingerprint density at radius 3 is 1.69 bits per heavy atom. The van der Waals surface area contributed by atoms with Gasteiger partial charge in [-0.05, 0) is 32.6 Å². The van der Waals surface area contributed by atoms with E-state index in [0.717, 1.165) is 6.92 Å². The number of carboxylic acids is 2. The maximum absolute atomic E-state index is 12.8. The van der Waals surface area contributed by atoms with Crippen molar-refractivity contribution < 1.29 is 44.4 Å². The van der Waals surface area contributed by atoms with Gasteiger partial charge in [-0.3, -0.25) is 19.2 Å². The molecule has 184 valence electrons. The van der Waals surface area contributed by atoms with E-state index < -0.39 is 66.0 Å². The first-order chi connectivity index (χ1) is 14.7. The molecule has 0 heterocycles. The minimum absolute atomic E-state index is 0.0771. The largest absolute Gasteiger partial charge is 0.481 e. The summed E-state index contributed by atoms with van der Waals surface area (Å²) in [4.78, 5) is 59.3. The average molecular weight is 463 g/mol. The van der Waals surface area contributed by atoms with E-state index in [0.29, 0.717) is 0 Å². The molecular weight excluding hydrogens is 428 g/mol. The van der Waals surface area contributed by atoms with Gasteiger partial charge in [0.05, 0.1) is 18.2 Å². The van der Waals surface area contributed by atoms with Crippen molar-refractivity contribution in [2.45, 2.75) is 83.3 Å². The Morgan fingerprint density at radius 1 is 0.781 bits per heavy atom. The van der Waals surface area contributed by atoms with Gasteiger partial charge in [0.25, 0.3) is 0 Å². The van der Waals surface area contributed by atoms with Gasteiger partial charge in [0, 0.05) is 6.42 Å². The molecule has 9 N–H and O–H groups in total. The quantitative estimate of drug-likeness (QED) is 0.135. The number of carbonyl (C=O) groups is 5. The molecule has 0 spiro atoms. The maximum Gasteiger partial charge on any atom is 0.328 e. The van der Waals surface area contributed by atoms with Crippen LogP contribution in [0.2, 0.25) is 0 Å². The first-order valence-electron chi connectivity index (χ1n) is 10.1. The summed E-state index contributed by atoms with van der Waals surface area (Å²) in [5, 5.41) is 44.0. The number of aliphatic carboxylic acids is 2. The second-order valence-electron chi connectivity index (χ2n) is 8.02. The number of aliphatic hydroxyl groups is 2. The van der Waals surface area contributed by atoms with Crippen molar-refractivity contribution >= 4 is 29.7 Å². The van der Waals surface area contributed by atoms with Crippen LogP contribution in [0.15, 0.2) is 0 Å². The second kappa shape index (κ2) is 13.6. The van der Waals surface area contributed by atoms with Crippen LogP contribution in [0.25, 0.3) is 0 Å². The lowest BCUT2D eigenvalue weighted by molar-refractivity contribution is -0.146. The zero-order valence-corrected chi connectivity index (χ0v) is 18.6. The first kappa shape index (κ1) is 29.2. The van der Waals surface area contributed by atoms with Crippen molar-refractivity contribution in [1.82, 2.24) is 16.0 Å². The minimum atomic E-state index is -1.67. The monoisotopic (exact) mass is 462 g/mol. The number of carbonyl (C=O) groups excluding carboxylic acids is 3. The van der Waals surface area contributed by atoms with Gasteiger partial charge in [-0.2, -0.15) is 0 Å². The third kappa shape index (κ3) is 10.5. The van der Waals surface area contributed by atoms with Crippen LogP contribution in [0, 0.1) is 5.92 Å². The molecular formula is C19H34N4O9. The van der Waals surface area contributed by atoms with Gasteiger partial charge >= 0.3 is 11.9 Å². The number of aliphatic hydroxyl groups excluding tert-OH is 2. The fourth-order valence-corrected chi connectivity index (χ4v) is 2.68. The highest BCUT2D eigenvalue weighted by atomic mass is 16.4. The third-order valence-electron chi connectivity index (χ3n) is 4.45. The number of hydrogen-bond acceptors (Lipinski definition) is 8. The molecule has 0 aliphatic carbocycles. The second-order valence-corrected chi connectivity index (χ2v) is 8.02. The molecule has 0 aromatic carbocycles. The van der Waals surface area contributed by atoms with Crippen LogP contribution in [0.4, 0.5) is 0 Å². The predicted molar refractivity (Wildman–Crippen MR) is 111 cm³/mol. The third-order valence-corrected chi connectivity index (χ3v) is 4.45. The Balaban J connectivity index is 5.39. The fraction of sp³-hybridized carbons (Fsp3) is 0.737. The Morgan fingerprint density at radius 2 is 1.28 bits per heavy atom. The van der Waals surface area contributed by atoms with Gasteiger partial charge in [0.15, 0.2) is 6.04 Å².